The minimum absolute atomic E-state index is 0.162. The second-order valence-electron chi connectivity index (χ2n) is 3.17. The average Bonchev–Trinajstić information content (AvgIpc) is 2.16. The highest BCUT2D eigenvalue weighted by molar-refractivity contribution is 7.86. The van der Waals surface area contributed by atoms with Gasteiger partial charge in [0.2, 0.25) is 5.44 Å². The zero-order chi connectivity index (χ0) is 12.1. The highest BCUT2D eigenvalue weighted by atomic mass is 32.2. The molecule has 0 aliphatic rings. The van der Waals surface area contributed by atoms with E-state index in [1.54, 1.807) is 6.92 Å². The van der Waals surface area contributed by atoms with E-state index in [-0.39, 0.29) is 19.2 Å². The van der Waals surface area contributed by atoms with Gasteiger partial charge in [-0.2, -0.15) is 8.42 Å². The van der Waals surface area contributed by atoms with Crippen LogP contribution in [0.15, 0.2) is 0 Å². The Kier molecular flexibility index (Phi) is 6.25. The quantitative estimate of drug-likeness (QED) is 0.324. The number of hydrogen-bond acceptors (Lipinski definition) is 6. The highest BCUT2D eigenvalue weighted by Crippen LogP contribution is 2.01. The molecule has 8 heteroatoms. The van der Waals surface area contributed by atoms with Gasteiger partial charge in [0, 0.05) is 12.6 Å². The molecule has 7 nitrogen and oxygen atoms in total. The van der Waals surface area contributed by atoms with Gasteiger partial charge in [0.1, 0.15) is 6.10 Å². The van der Waals surface area contributed by atoms with Gasteiger partial charge in [-0.25, -0.2) is 0 Å². The molecule has 92 valence electrons. The first-order valence-electron chi connectivity index (χ1n) is 4.49. The summed E-state index contributed by atoms with van der Waals surface area (Å²) in [5.74, 6) is 0. The standard InChI is InChI=1S/C7H17NO6S/c1-2-5(4-9)8-3-6(10)7(11)15(12,13)14/h5-11H,2-4H2,1H3,(H,12,13,14). The molecular formula is C7H17NO6S. The summed E-state index contributed by atoms with van der Waals surface area (Å²) in [4.78, 5) is 0. The first kappa shape index (κ1) is 14.8. The van der Waals surface area contributed by atoms with E-state index >= 15 is 0 Å². The van der Waals surface area contributed by atoms with Gasteiger partial charge < -0.3 is 20.6 Å². The summed E-state index contributed by atoms with van der Waals surface area (Å²) in [5.41, 5.74) is -2.24. The molecule has 3 unspecified atom stereocenters. The molecule has 0 amide bonds. The lowest BCUT2D eigenvalue weighted by Gasteiger charge is -2.19. The Bertz CT molecular complexity index is 263. The van der Waals surface area contributed by atoms with Gasteiger partial charge in [0.25, 0.3) is 10.1 Å². The largest absolute Gasteiger partial charge is 0.395 e. The molecule has 0 aliphatic carbocycles. The third kappa shape index (κ3) is 5.40. The molecule has 5 N–H and O–H groups in total. The predicted octanol–water partition coefficient (Wildman–Crippen LogP) is -2.09. The van der Waals surface area contributed by atoms with Crippen LogP contribution in [0.1, 0.15) is 13.3 Å². The van der Waals surface area contributed by atoms with E-state index in [4.69, 9.17) is 19.9 Å². The molecule has 0 aromatic carbocycles. The number of nitrogens with one attached hydrogen (secondary N) is 1. The van der Waals surface area contributed by atoms with Crippen molar-refractivity contribution in [3.05, 3.63) is 0 Å². The molecule has 0 fully saturated rings. The number of hydrogen-bond donors (Lipinski definition) is 5. The summed E-state index contributed by atoms with van der Waals surface area (Å²) in [5, 5.41) is 29.5. The third-order valence-corrected chi connectivity index (χ3v) is 2.89. The van der Waals surface area contributed by atoms with Crippen molar-refractivity contribution in [1.29, 1.82) is 0 Å². The van der Waals surface area contributed by atoms with Crippen LogP contribution in [0.25, 0.3) is 0 Å². The maximum absolute atomic E-state index is 10.4. The Morgan fingerprint density at radius 2 is 1.87 bits per heavy atom. The third-order valence-electron chi connectivity index (χ3n) is 1.96. The van der Waals surface area contributed by atoms with Crippen molar-refractivity contribution in [3.63, 3.8) is 0 Å². The Hall–Kier alpha value is -0.250. The maximum Gasteiger partial charge on any atom is 0.294 e. The van der Waals surface area contributed by atoms with Gasteiger partial charge in [-0.15, -0.1) is 0 Å². The Labute approximate surface area is 88.5 Å². The fourth-order valence-electron chi connectivity index (χ4n) is 0.925. The van der Waals surface area contributed by atoms with Crippen LogP contribution in [0, 0.1) is 0 Å². The Morgan fingerprint density at radius 3 is 2.20 bits per heavy atom. The summed E-state index contributed by atoms with van der Waals surface area (Å²) in [6.45, 7) is 1.39. The van der Waals surface area contributed by atoms with Gasteiger partial charge in [0.05, 0.1) is 6.61 Å². The molecule has 0 spiro atoms. The van der Waals surface area contributed by atoms with Crippen molar-refractivity contribution in [2.24, 2.45) is 0 Å². The molecule has 0 heterocycles. The second-order valence-corrected chi connectivity index (χ2v) is 4.68. The highest BCUT2D eigenvalue weighted by Gasteiger charge is 2.28. The predicted molar refractivity (Wildman–Crippen MR) is 52.7 cm³/mol. The van der Waals surface area contributed by atoms with Crippen molar-refractivity contribution in [2.45, 2.75) is 30.9 Å². The molecule has 0 aromatic rings. The monoisotopic (exact) mass is 243 g/mol. The van der Waals surface area contributed by atoms with Crippen LogP contribution in [-0.4, -0.2) is 59.0 Å². The molecule has 0 saturated carbocycles. The zero-order valence-electron chi connectivity index (χ0n) is 8.37. The van der Waals surface area contributed by atoms with Crippen molar-refractivity contribution in [2.75, 3.05) is 13.2 Å². The van der Waals surface area contributed by atoms with Crippen LogP contribution >= 0.6 is 0 Å². The summed E-state index contributed by atoms with van der Waals surface area (Å²) in [6, 6.07) is -0.284. The fourth-order valence-corrected chi connectivity index (χ4v) is 1.42. The molecule has 0 radical (unpaired) electrons. The zero-order valence-corrected chi connectivity index (χ0v) is 9.18. The van der Waals surface area contributed by atoms with E-state index < -0.39 is 21.7 Å². The minimum Gasteiger partial charge on any atom is -0.395 e. The SMILES string of the molecule is CCC(CO)NCC(O)C(O)S(=O)(=O)O. The molecule has 3 atom stereocenters. The van der Waals surface area contributed by atoms with E-state index in [9.17, 15) is 8.42 Å². The van der Waals surface area contributed by atoms with Gasteiger partial charge in [-0.3, -0.25) is 4.55 Å². The van der Waals surface area contributed by atoms with Crippen LogP contribution in [0.4, 0.5) is 0 Å². The van der Waals surface area contributed by atoms with Crippen LogP contribution in [-0.2, 0) is 10.1 Å². The maximum atomic E-state index is 10.4. The topological polar surface area (TPSA) is 127 Å². The fraction of sp³-hybridized carbons (Fsp3) is 1.00. The molecule has 15 heavy (non-hydrogen) atoms. The van der Waals surface area contributed by atoms with Crippen LogP contribution < -0.4 is 5.32 Å². The van der Waals surface area contributed by atoms with Gasteiger partial charge in [-0.1, -0.05) is 6.92 Å². The number of aliphatic hydroxyl groups is 3. The first-order chi connectivity index (χ1) is 6.82. The second kappa shape index (κ2) is 6.36. The smallest absolute Gasteiger partial charge is 0.294 e. The van der Waals surface area contributed by atoms with Crippen molar-refractivity contribution >= 4 is 10.1 Å². The molecule has 0 aliphatic heterocycles. The lowest BCUT2D eigenvalue weighted by Crippen LogP contribution is -2.44. The Balaban J connectivity index is 4.09. The summed E-state index contributed by atoms with van der Waals surface area (Å²) >= 11 is 0. The summed E-state index contributed by atoms with van der Waals surface area (Å²) in [6.07, 6.45) is -1.05. The van der Waals surface area contributed by atoms with Crippen LogP contribution in [0.5, 0.6) is 0 Å². The molecule has 0 saturated heterocycles. The minimum atomic E-state index is -4.66. The van der Waals surface area contributed by atoms with E-state index in [2.05, 4.69) is 5.32 Å². The van der Waals surface area contributed by atoms with E-state index in [0.717, 1.165) is 0 Å². The average molecular weight is 243 g/mol. The molecule has 0 rings (SSSR count). The first-order valence-corrected chi connectivity index (χ1v) is 5.99. The van der Waals surface area contributed by atoms with Gasteiger partial charge >= 0.3 is 0 Å². The summed E-state index contributed by atoms with van der Waals surface area (Å²) in [7, 11) is -4.66. The molecule has 0 bridgehead atoms. The van der Waals surface area contributed by atoms with Crippen LogP contribution in [0.3, 0.4) is 0 Å². The Morgan fingerprint density at radius 1 is 1.33 bits per heavy atom. The van der Waals surface area contributed by atoms with Crippen molar-refractivity contribution < 1.29 is 28.3 Å². The number of aliphatic hydroxyl groups excluding tert-OH is 3. The molecular weight excluding hydrogens is 226 g/mol. The number of rotatable bonds is 7. The lowest BCUT2D eigenvalue weighted by atomic mass is 10.2. The van der Waals surface area contributed by atoms with E-state index in [1.165, 1.54) is 0 Å². The lowest BCUT2D eigenvalue weighted by molar-refractivity contribution is 0.0581. The van der Waals surface area contributed by atoms with Gasteiger partial charge in [0.15, 0.2) is 0 Å². The van der Waals surface area contributed by atoms with E-state index in [1.807, 2.05) is 0 Å². The van der Waals surface area contributed by atoms with Crippen molar-refractivity contribution in [1.82, 2.24) is 5.32 Å². The summed E-state index contributed by atoms with van der Waals surface area (Å²) < 4.78 is 29.3. The normalized spacial score (nSPS) is 18.5. The van der Waals surface area contributed by atoms with Gasteiger partial charge in [-0.05, 0) is 6.42 Å². The van der Waals surface area contributed by atoms with E-state index in [0.29, 0.717) is 6.42 Å². The van der Waals surface area contributed by atoms with Crippen LogP contribution in [0.2, 0.25) is 0 Å². The molecule has 0 aromatic heterocycles. The van der Waals surface area contributed by atoms with Crippen molar-refractivity contribution in [3.8, 4) is 0 Å².